The average Bonchev–Trinajstić information content (AvgIpc) is 2.41. The van der Waals surface area contributed by atoms with E-state index in [-0.39, 0.29) is 18.1 Å². The molecule has 6 heteroatoms. The summed E-state index contributed by atoms with van der Waals surface area (Å²) in [5.41, 5.74) is -0.104. The molecule has 1 rings (SSSR count). The highest BCUT2D eigenvalue weighted by Crippen LogP contribution is 2.20. The third-order valence-electron chi connectivity index (χ3n) is 2.98. The lowest BCUT2D eigenvalue weighted by Crippen LogP contribution is -2.40. The van der Waals surface area contributed by atoms with Crippen molar-refractivity contribution in [1.29, 1.82) is 0 Å². The Morgan fingerprint density at radius 1 is 1.24 bits per heavy atom. The molecule has 116 valence electrons. The lowest BCUT2D eigenvalue weighted by Gasteiger charge is -2.21. The normalized spacial score (nSPS) is 10.3. The lowest BCUT2D eigenvalue weighted by atomic mass is 10.2. The van der Waals surface area contributed by atoms with Crippen LogP contribution in [0, 0.1) is 11.6 Å². The smallest absolute Gasteiger partial charge is 0.240 e. The molecule has 0 saturated carbocycles. The summed E-state index contributed by atoms with van der Waals surface area (Å²) >= 11 is 0. The fourth-order valence-corrected chi connectivity index (χ4v) is 1.87. The summed E-state index contributed by atoms with van der Waals surface area (Å²) in [6.45, 7) is 3.51. The molecule has 0 aliphatic rings. The van der Waals surface area contributed by atoms with Gasteiger partial charge in [0.1, 0.15) is 18.2 Å². The molecule has 0 unspecified atom stereocenters. The van der Waals surface area contributed by atoms with Crippen molar-refractivity contribution in [3.8, 4) is 0 Å². The van der Waals surface area contributed by atoms with E-state index in [1.165, 1.54) is 6.92 Å². The van der Waals surface area contributed by atoms with Gasteiger partial charge in [0.15, 0.2) is 0 Å². The molecule has 0 aromatic heterocycles. The number of hydrogen-bond donors (Lipinski definition) is 1. The number of anilines is 1. The van der Waals surface area contributed by atoms with Crippen molar-refractivity contribution >= 4 is 17.5 Å². The first-order valence-electron chi connectivity index (χ1n) is 6.95. The minimum atomic E-state index is -0.871. The van der Waals surface area contributed by atoms with Crippen LogP contribution in [0.1, 0.15) is 33.1 Å². The number of carbonyl (C=O) groups excluding carboxylic acids is 2. The largest absolute Gasteiger partial charge is 0.355 e. The van der Waals surface area contributed by atoms with Gasteiger partial charge in [0.2, 0.25) is 11.8 Å². The van der Waals surface area contributed by atoms with Crippen LogP contribution < -0.4 is 10.2 Å². The van der Waals surface area contributed by atoms with Crippen LogP contribution in [0.5, 0.6) is 0 Å². The summed E-state index contributed by atoms with van der Waals surface area (Å²) in [6.07, 6.45) is 2.90. The molecule has 1 aromatic carbocycles. The number of nitrogens with one attached hydrogen (secondary N) is 1. The minimum Gasteiger partial charge on any atom is -0.355 e. The summed E-state index contributed by atoms with van der Waals surface area (Å²) in [7, 11) is 0. The van der Waals surface area contributed by atoms with E-state index in [1.54, 1.807) is 0 Å². The van der Waals surface area contributed by atoms with E-state index in [2.05, 4.69) is 12.2 Å². The zero-order valence-electron chi connectivity index (χ0n) is 12.3. The van der Waals surface area contributed by atoms with Crippen LogP contribution in [0.3, 0.4) is 0 Å². The monoisotopic (exact) mass is 298 g/mol. The predicted octanol–water partition coefficient (Wildman–Crippen LogP) is 2.62. The van der Waals surface area contributed by atoms with E-state index < -0.39 is 17.5 Å². The SMILES string of the molecule is CCCCCNC(=O)CN(C(C)=O)c1ccc(F)cc1F. The number of amides is 2. The van der Waals surface area contributed by atoms with E-state index in [9.17, 15) is 18.4 Å². The highest BCUT2D eigenvalue weighted by atomic mass is 19.1. The van der Waals surface area contributed by atoms with Crippen LogP contribution in [-0.2, 0) is 9.59 Å². The van der Waals surface area contributed by atoms with Crippen LogP contribution in [0.4, 0.5) is 14.5 Å². The van der Waals surface area contributed by atoms with Crippen LogP contribution in [0.25, 0.3) is 0 Å². The molecule has 0 bridgehead atoms. The molecular weight excluding hydrogens is 278 g/mol. The van der Waals surface area contributed by atoms with E-state index in [4.69, 9.17) is 0 Å². The molecule has 0 spiro atoms. The third-order valence-corrected chi connectivity index (χ3v) is 2.98. The summed E-state index contributed by atoms with van der Waals surface area (Å²) in [5, 5.41) is 2.67. The molecular formula is C15H20F2N2O2. The maximum Gasteiger partial charge on any atom is 0.240 e. The summed E-state index contributed by atoms with van der Waals surface area (Å²) < 4.78 is 26.6. The molecule has 0 heterocycles. The van der Waals surface area contributed by atoms with Crippen molar-refractivity contribution in [3.63, 3.8) is 0 Å². The van der Waals surface area contributed by atoms with E-state index in [1.807, 2.05) is 0 Å². The molecule has 0 aliphatic heterocycles. The molecule has 0 atom stereocenters. The second kappa shape index (κ2) is 8.34. The Bertz CT molecular complexity index is 506. The molecule has 1 aromatic rings. The second-order valence-corrected chi connectivity index (χ2v) is 4.76. The molecule has 1 N–H and O–H groups in total. The number of carbonyl (C=O) groups is 2. The number of unbranched alkanes of at least 4 members (excludes halogenated alkanes) is 2. The zero-order valence-corrected chi connectivity index (χ0v) is 12.3. The topological polar surface area (TPSA) is 49.4 Å². The molecule has 0 radical (unpaired) electrons. The fraction of sp³-hybridized carbons (Fsp3) is 0.467. The Morgan fingerprint density at radius 2 is 1.95 bits per heavy atom. The van der Waals surface area contributed by atoms with Crippen molar-refractivity contribution in [3.05, 3.63) is 29.8 Å². The van der Waals surface area contributed by atoms with Gasteiger partial charge in [-0.25, -0.2) is 8.78 Å². The van der Waals surface area contributed by atoms with E-state index in [0.29, 0.717) is 12.6 Å². The van der Waals surface area contributed by atoms with Gasteiger partial charge < -0.3 is 10.2 Å². The number of halogens is 2. The van der Waals surface area contributed by atoms with Crippen molar-refractivity contribution in [1.82, 2.24) is 5.32 Å². The molecule has 0 fully saturated rings. The number of hydrogen-bond acceptors (Lipinski definition) is 2. The van der Waals surface area contributed by atoms with Crippen molar-refractivity contribution in [2.24, 2.45) is 0 Å². The zero-order chi connectivity index (χ0) is 15.8. The summed E-state index contributed by atoms with van der Waals surface area (Å²) in [6, 6.07) is 2.88. The van der Waals surface area contributed by atoms with Gasteiger partial charge >= 0.3 is 0 Å². The van der Waals surface area contributed by atoms with Crippen LogP contribution in [-0.4, -0.2) is 24.9 Å². The van der Waals surface area contributed by atoms with Crippen LogP contribution in [0.15, 0.2) is 18.2 Å². The molecule has 2 amide bonds. The van der Waals surface area contributed by atoms with Gasteiger partial charge in [-0.2, -0.15) is 0 Å². The first-order valence-corrected chi connectivity index (χ1v) is 6.95. The number of nitrogens with zero attached hydrogens (tertiary/aromatic N) is 1. The third kappa shape index (κ3) is 5.49. The first-order chi connectivity index (χ1) is 9.95. The van der Waals surface area contributed by atoms with Crippen molar-refractivity contribution < 1.29 is 18.4 Å². The van der Waals surface area contributed by atoms with Gasteiger partial charge in [0.25, 0.3) is 0 Å². The first kappa shape index (κ1) is 17.1. The quantitative estimate of drug-likeness (QED) is 0.787. The van der Waals surface area contributed by atoms with E-state index in [0.717, 1.165) is 36.3 Å². The number of rotatable bonds is 7. The Hall–Kier alpha value is -1.98. The van der Waals surface area contributed by atoms with Crippen LogP contribution in [0.2, 0.25) is 0 Å². The van der Waals surface area contributed by atoms with Crippen molar-refractivity contribution in [2.45, 2.75) is 33.1 Å². The second-order valence-electron chi connectivity index (χ2n) is 4.76. The Kier molecular flexibility index (Phi) is 6.78. The van der Waals surface area contributed by atoms with Gasteiger partial charge in [0, 0.05) is 19.5 Å². The average molecular weight is 298 g/mol. The van der Waals surface area contributed by atoms with Gasteiger partial charge in [0.05, 0.1) is 5.69 Å². The molecule has 21 heavy (non-hydrogen) atoms. The van der Waals surface area contributed by atoms with Gasteiger partial charge in [-0.05, 0) is 18.6 Å². The molecule has 0 saturated heterocycles. The van der Waals surface area contributed by atoms with Gasteiger partial charge in [-0.15, -0.1) is 0 Å². The van der Waals surface area contributed by atoms with Gasteiger partial charge in [-0.3, -0.25) is 9.59 Å². The van der Waals surface area contributed by atoms with Crippen molar-refractivity contribution in [2.75, 3.05) is 18.0 Å². The maximum absolute atomic E-state index is 13.7. The molecule has 4 nitrogen and oxygen atoms in total. The highest BCUT2D eigenvalue weighted by molar-refractivity contribution is 5.97. The van der Waals surface area contributed by atoms with Gasteiger partial charge in [-0.1, -0.05) is 19.8 Å². The highest BCUT2D eigenvalue weighted by Gasteiger charge is 2.19. The fourth-order valence-electron chi connectivity index (χ4n) is 1.87. The maximum atomic E-state index is 13.7. The number of benzene rings is 1. The Labute approximate surface area is 123 Å². The lowest BCUT2D eigenvalue weighted by molar-refractivity contribution is -0.123. The Morgan fingerprint density at radius 3 is 2.52 bits per heavy atom. The van der Waals surface area contributed by atoms with Crippen LogP contribution >= 0.6 is 0 Å². The van der Waals surface area contributed by atoms with E-state index >= 15 is 0 Å². The summed E-state index contributed by atoms with van der Waals surface area (Å²) in [5.74, 6) is -2.46. The Balaban J connectivity index is 2.70. The minimum absolute atomic E-state index is 0.104. The standard InChI is InChI=1S/C15H20F2N2O2/c1-3-4-5-8-18-15(21)10-19(11(2)20)14-7-6-12(16)9-13(14)17/h6-7,9H,3-5,8,10H2,1-2H3,(H,18,21). The summed E-state index contributed by atoms with van der Waals surface area (Å²) in [4.78, 5) is 24.3. The predicted molar refractivity (Wildman–Crippen MR) is 76.9 cm³/mol. The molecule has 0 aliphatic carbocycles.